The fourth-order valence-electron chi connectivity index (χ4n) is 0.982. The van der Waals surface area contributed by atoms with Gasteiger partial charge in [-0.3, -0.25) is 4.79 Å². The molecular weight excluding hydrogens is 186 g/mol. The van der Waals surface area contributed by atoms with Gasteiger partial charge >= 0.3 is 0 Å². The third-order valence-corrected chi connectivity index (χ3v) is 2.36. The van der Waals surface area contributed by atoms with Crippen molar-refractivity contribution in [1.82, 2.24) is 5.16 Å². The number of carbonyl (C=O) groups excluding carboxylic acids is 1. The maximum atomic E-state index is 10.9. The van der Waals surface area contributed by atoms with Crippen molar-refractivity contribution < 1.29 is 9.32 Å². The molecule has 3 nitrogen and oxygen atoms in total. The van der Waals surface area contributed by atoms with E-state index in [4.69, 9.17) is 4.52 Å². The predicted molar refractivity (Wildman–Crippen MR) is 49.8 cm³/mol. The number of carbonyl (C=O) groups is 1. The molecule has 0 spiro atoms. The second-order valence-corrected chi connectivity index (χ2v) is 3.42. The van der Waals surface area contributed by atoms with Crippen molar-refractivity contribution >= 4 is 17.1 Å². The second-order valence-electron chi connectivity index (χ2n) is 2.64. The number of hydrogen-bond donors (Lipinski definition) is 0. The van der Waals surface area contributed by atoms with E-state index in [-0.39, 0.29) is 5.78 Å². The van der Waals surface area contributed by atoms with Gasteiger partial charge < -0.3 is 4.52 Å². The minimum absolute atomic E-state index is 0.0785. The van der Waals surface area contributed by atoms with E-state index in [9.17, 15) is 4.79 Å². The smallest absolute Gasteiger partial charge is 0.181 e. The van der Waals surface area contributed by atoms with Crippen LogP contribution in [-0.2, 0) is 0 Å². The average molecular weight is 193 g/mol. The van der Waals surface area contributed by atoms with Crippen molar-refractivity contribution in [2.24, 2.45) is 0 Å². The number of ketones is 1. The summed E-state index contributed by atoms with van der Waals surface area (Å²) in [6.07, 6.45) is 0. The van der Waals surface area contributed by atoms with Crippen LogP contribution in [0.5, 0.6) is 0 Å². The lowest BCUT2D eigenvalue weighted by Gasteiger charge is -1.83. The van der Waals surface area contributed by atoms with E-state index in [0.717, 1.165) is 5.56 Å². The van der Waals surface area contributed by atoms with Gasteiger partial charge in [-0.1, -0.05) is 5.16 Å². The number of rotatable bonds is 2. The number of hydrogen-bond acceptors (Lipinski definition) is 4. The monoisotopic (exact) mass is 193 g/mol. The highest BCUT2D eigenvalue weighted by Gasteiger charge is 2.09. The predicted octanol–water partition coefficient (Wildman–Crippen LogP) is 2.61. The molecule has 0 aliphatic carbocycles. The van der Waals surface area contributed by atoms with Crippen LogP contribution in [0.25, 0.3) is 11.3 Å². The Labute approximate surface area is 79.0 Å². The molecule has 0 fully saturated rings. The van der Waals surface area contributed by atoms with Crippen molar-refractivity contribution in [2.45, 2.75) is 6.92 Å². The van der Waals surface area contributed by atoms with Gasteiger partial charge in [0.05, 0.1) is 0 Å². The van der Waals surface area contributed by atoms with Gasteiger partial charge in [0.2, 0.25) is 0 Å². The Balaban J connectivity index is 2.39. The molecule has 13 heavy (non-hydrogen) atoms. The molecule has 4 heteroatoms. The van der Waals surface area contributed by atoms with Crippen LogP contribution in [0, 0.1) is 0 Å². The Morgan fingerprint density at radius 1 is 1.62 bits per heavy atom. The SMILES string of the molecule is CC(=O)c1cc(-c2ccsc2)on1. The molecule has 2 aromatic heterocycles. The summed E-state index contributed by atoms with van der Waals surface area (Å²) in [5.41, 5.74) is 1.34. The largest absolute Gasteiger partial charge is 0.356 e. The van der Waals surface area contributed by atoms with Gasteiger partial charge in [-0.05, 0) is 11.4 Å². The lowest BCUT2D eigenvalue weighted by Crippen LogP contribution is -1.89. The summed E-state index contributed by atoms with van der Waals surface area (Å²) in [5.74, 6) is 0.566. The lowest BCUT2D eigenvalue weighted by molar-refractivity contribution is 0.100. The average Bonchev–Trinajstić information content (AvgIpc) is 2.75. The van der Waals surface area contributed by atoms with Crippen molar-refractivity contribution in [1.29, 1.82) is 0 Å². The quantitative estimate of drug-likeness (QED) is 0.688. The number of thiophene rings is 1. The molecule has 0 unspecified atom stereocenters. The summed E-state index contributed by atoms with van der Waals surface area (Å²) >= 11 is 1.58. The maximum Gasteiger partial charge on any atom is 0.181 e. The van der Waals surface area contributed by atoms with E-state index >= 15 is 0 Å². The summed E-state index contributed by atoms with van der Waals surface area (Å²) in [7, 11) is 0. The molecule has 0 bridgehead atoms. The topological polar surface area (TPSA) is 43.1 Å². The molecule has 0 N–H and O–H groups in total. The third-order valence-electron chi connectivity index (χ3n) is 1.68. The Kier molecular flexibility index (Phi) is 1.98. The first-order chi connectivity index (χ1) is 6.27. The number of aromatic nitrogens is 1. The Morgan fingerprint density at radius 2 is 2.46 bits per heavy atom. The standard InChI is InChI=1S/C9H7NO2S/c1-6(11)8-4-9(12-10-8)7-2-3-13-5-7/h2-5H,1H3. The molecule has 2 aromatic rings. The number of Topliss-reactive ketones (excluding diaryl/α,β-unsaturated/α-hetero) is 1. The van der Waals surface area contributed by atoms with Crippen LogP contribution >= 0.6 is 11.3 Å². The van der Waals surface area contributed by atoms with Crippen LogP contribution in [-0.4, -0.2) is 10.9 Å². The highest BCUT2D eigenvalue weighted by atomic mass is 32.1. The van der Waals surface area contributed by atoms with Gasteiger partial charge in [-0.15, -0.1) is 0 Å². The Hall–Kier alpha value is -1.42. The molecule has 0 amide bonds. The fraction of sp³-hybridized carbons (Fsp3) is 0.111. The minimum atomic E-state index is -0.0785. The fourth-order valence-corrected chi connectivity index (χ4v) is 1.63. The zero-order valence-electron chi connectivity index (χ0n) is 6.98. The van der Waals surface area contributed by atoms with Crippen LogP contribution < -0.4 is 0 Å². The molecule has 0 aliphatic heterocycles. The molecule has 0 aromatic carbocycles. The third kappa shape index (κ3) is 1.53. The first-order valence-electron chi connectivity index (χ1n) is 3.77. The van der Waals surface area contributed by atoms with E-state index in [2.05, 4.69) is 5.16 Å². The first-order valence-corrected chi connectivity index (χ1v) is 4.72. The molecule has 2 heterocycles. The molecule has 2 rings (SSSR count). The molecule has 0 saturated heterocycles. The number of nitrogens with zero attached hydrogens (tertiary/aromatic N) is 1. The zero-order valence-corrected chi connectivity index (χ0v) is 7.80. The van der Waals surface area contributed by atoms with Crippen molar-refractivity contribution in [3.63, 3.8) is 0 Å². The van der Waals surface area contributed by atoms with Gasteiger partial charge in [0, 0.05) is 23.9 Å². The van der Waals surface area contributed by atoms with Crippen molar-refractivity contribution in [3.05, 3.63) is 28.6 Å². The molecule has 0 aliphatic rings. The molecular formula is C9H7NO2S. The lowest BCUT2D eigenvalue weighted by atomic mass is 10.2. The highest BCUT2D eigenvalue weighted by Crippen LogP contribution is 2.22. The summed E-state index contributed by atoms with van der Waals surface area (Å²) in [6.45, 7) is 1.47. The summed E-state index contributed by atoms with van der Waals surface area (Å²) in [5, 5.41) is 7.55. The van der Waals surface area contributed by atoms with Gasteiger partial charge in [-0.2, -0.15) is 11.3 Å². The zero-order chi connectivity index (χ0) is 9.26. The summed E-state index contributed by atoms with van der Waals surface area (Å²) in [6, 6.07) is 3.58. The van der Waals surface area contributed by atoms with Gasteiger partial charge in [-0.25, -0.2) is 0 Å². The molecule has 0 atom stereocenters. The van der Waals surface area contributed by atoms with E-state index in [1.807, 2.05) is 16.8 Å². The van der Waals surface area contributed by atoms with Gasteiger partial charge in [0.1, 0.15) is 5.69 Å². The molecule has 0 radical (unpaired) electrons. The van der Waals surface area contributed by atoms with Gasteiger partial charge in [0.25, 0.3) is 0 Å². The minimum Gasteiger partial charge on any atom is -0.356 e. The van der Waals surface area contributed by atoms with Crippen LogP contribution in [0.4, 0.5) is 0 Å². The van der Waals surface area contributed by atoms with Crippen LogP contribution in [0.3, 0.4) is 0 Å². The molecule has 0 saturated carbocycles. The first kappa shape index (κ1) is 8.19. The van der Waals surface area contributed by atoms with Gasteiger partial charge in [0.15, 0.2) is 11.5 Å². The summed E-state index contributed by atoms with van der Waals surface area (Å²) < 4.78 is 5.01. The van der Waals surface area contributed by atoms with Crippen molar-refractivity contribution in [2.75, 3.05) is 0 Å². The van der Waals surface area contributed by atoms with Crippen LogP contribution in [0.2, 0.25) is 0 Å². The van der Waals surface area contributed by atoms with Crippen LogP contribution in [0.1, 0.15) is 17.4 Å². The Morgan fingerprint density at radius 3 is 3.00 bits per heavy atom. The maximum absolute atomic E-state index is 10.9. The molecule has 66 valence electrons. The van der Waals surface area contributed by atoms with E-state index in [0.29, 0.717) is 11.5 Å². The van der Waals surface area contributed by atoms with E-state index < -0.39 is 0 Å². The summed E-state index contributed by atoms with van der Waals surface area (Å²) in [4.78, 5) is 10.9. The van der Waals surface area contributed by atoms with E-state index in [1.54, 1.807) is 17.4 Å². The van der Waals surface area contributed by atoms with E-state index in [1.165, 1.54) is 6.92 Å². The van der Waals surface area contributed by atoms with Crippen LogP contribution in [0.15, 0.2) is 27.4 Å². The Bertz CT molecular complexity index is 417. The normalized spacial score (nSPS) is 10.2. The highest BCUT2D eigenvalue weighted by molar-refractivity contribution is 7.08. The van der Waals surface area contributed by atoms with Crippen molar-refractivity contribution in [3.8, 4) is 11.3 Å². The second kappa shape index (κ2) is 3.14.